The molecule has 0 saturated carbocycles. The van der Waals surface area contributed by atoms with Crippen molar-refractivity contribution in [2.75, 3.05) is 13.6 Å². The molecule has 0 atom stereocenters. The van der Waals surface area contributed by atoms with Crippen molar-refractivity contribution in [3.8, 4) is 0 Å². The van der Waals surface area contributed by atoms with Crippen LogP contribution in [0.4, 0.5) is 0 Å². The molecule has 0 saturated heterocycles. The Kier molecular flexibility index (Phi) is 5.01. The van der Waals surface area contributed by atoms with E-state index in [9.17, 15) is 0 Å². The van der Waals surface area contributed by atoms with Gasteiger partial charge in [-0.25, -0.2) is 0 Å². The van der Waals surface area contributed by atoms with Gasteiger partial charge in [0, 0.05) is 19.3 Å². The van der Waals surface area contributed by atoms with Crippen molar-refractivity contribution >= 4 is 0 Å². The van der Waals surface area contributed by atoms with Gasteiger partial charge in [0.15, 0.2) is 0 Å². The molecule has 11 heavy (non-hydrogen) atoms. The van der Waals surface area contributed by atoms with E-state index in [1.54, 1.807) is 0 Å². The molecule has 0 aliphatic carbocycles. The molecular formula is C10H21N. The summed E-state index contributed by atoms with van der Waals surface area (Å²) in [6.45, 7) is 11.8. The lowest BCUT2D eigenvalue weighted by Crippen LogP contribution is -2.18. The SMILES string of the molecule is C=C(CC(C)C)N(C)CCC. The molecule has 66 valence electrons. The Balaban J connectivity index is 3.64. The lowest BCUT2D eigenvalue weighted by atomic mass is 10.1. The van der Waals surface area contributed by atoms with Crippen molar-refractivity contribution in [3.63, 3.8) is 0 Å². The normalized spacial score (nSPS) is 10.3. The van der Waals surface area contributed by atoms with Crippen molar-refractivity contribution in [1.29, 1.82) is 0 Å². The summed E-state index contributed by atoms with van der Waals surface area (Å²) in [5, 5.41) is 0. The van der Waals surface area contributed by atoms with Gasteiger partial charge in [-0.05, 0) is 18.8 Å². The monoisotopic (exact) mass is 155 g/mol. The van der Waals surface area contributed by atoms with Gasteiger partial charge in [-0.2, -0.15) is 0 Å². The van der Waals surface area contributed by atoms with Crippen LogP contribution in [-0.4, -0.2) is 18.5 Å². The van der Waals surface area contributed by atoms with E-state index < -0.39 is 0 Å². The van der Waals surface area contributed by atoms with Crippen LogP contribution in [0.5, 0.6) is 0 Å². The Morgan fingerprint density at radius 3 is 2.36 bits per heavy atom. The highest BCUT2D eigenvalue weighted by molar-refractivity contribution is 4.92. The molecule has 0 aromatic carbocycles. The average molecular weight is 155 g/mol. The molecule has 0 aromatic rings. The van der Waals surface area contributed by atoms with E-state index in [4.69, 9.17) is 0 Å². The van der Waals surface area contributed by atoms with Gasteiger partial charge < -0.3 is 4.90 Å². The highest BCUT2D eigenvalue weighted by atomic mass is 15.1. The Hall–Kier alpha value is -0.460. The first-order chi connectivity index (χ1) is 5.07. The van der Waals surface area contributed by atoms with Gasteiger partial charge in [-0.3, -0.25) is 0 Å². The minimum Gasteiger partial charge on any atom is -0.378 e. The average Bonchev–Trinajstić information content (AvgIpc) is 1.86. The quantitative estimate of drug-likeness (QED) is 0.590. The van der Waals surface area contributed by atoms with Crippen LogP contribution >= 0.6 is 0 Å². The van der Waals surface area contributed by atoms with Gasteiger partial charge >= 0.3 is 0 Å². The predicted octanol–water partition coefficient (Wildman–Crippen LogP) is 2.89. The van der Waals surface area contributed by atoms with Crippen LogP contribution in [0, 0.1) is 5.92 Å². The second kappa shape index (κ2) is 5.22. The molecule has 0 spiro atoms. The summed E-state index contributed by atoms with van der Waals surface area (Å²) in [4.78, 5) is 2.25. The van der Waals surface area contributed by atoms with E-state index in [2.05, 4.69) is 39.3 Å². The molecular weight excluding hydrogens is 134 g/mol. The van der Waals surface area contributed by atoms with Crippen molar-refractivity contribution in [3.05, 3.63) is 12.3 Å². The smallest absolute Gasteiger partial charge is 0.0168 e. The zero-order chi connectivity index (χ0) is 8.85. The molecule has 0 unspecified atom stereocenters. The highest BCUT2D eigenvalue weighted by Crippen LogP contribution is 2.11. The van der Waals surface area contributed by atoms with E-state index in [0.29, 0.717) is 0 Å². The Bertz CT molecular complexity index is 116. The largest absolute Gasteiger partial charge is 0.378 e. The summed E-state index contributed by atoms with van der Waals surface area (Å²) in [6, 6.07) is 0. The van der Waals surface area contributed by atoms with Gasteiger partial charge in [0.25, 0.3) is 0 Å². The minimum atomic E-state index is 0.724. The molecule has 0 N–H and O–H groups in total. The fraction of sp³-hybridized carbons (Fsp3) is 0.800. The van der Waals surface area contributed by atoms with E-state index in [1.165, 1.54) is 12.1 Å². The van der Waals surface area contributed by atoms with Crippen LogP contribution in [0.1, 0.15) is 33.6 Å². The third-order valence-electron chi connectivity index (χ3n) is 1.74. The number of allylic oxidation sites excluding steroid dienone is 1. The van der Waals surface area contributed by atoms with Gasteiger partial charge in [0.2, 0.25) is 0 Å². The third kappa shape index (κ3) is 4.88. The first-order valence-corrected chi connectivity index (χ1v) is 4.46. The molecule has 1 heteroatoms. The maximum absolute atomic E-state index is 4.04. The number of hydrogen-bond donors (Lipinski definition) is 0. The molecule has 0 fully saturated rings. The van der Waals surface area contributed by atoms with Crippen LogP contribution in [-0.2, 0) is 0 Å². The first kappa shape index (κ1) is 10.5. The Morgan fingerprint density at radius 2 is 2.00 bits per heavy atom. The van der Waals surface area contributed by atoms with Crippen LogP contribution in [0.25, 0.3) is 0 Å². The molecule has 0 amide bonds. The minimum absolute atomic E-state index is 0.724. The zero-order valence-corrected chi connectivity index (χ0v) is 8.35. The summed E-state index contributed by atoms with van der Waals surface area (Å²) in [7, 11) is 2.12. The molecule has 1 nitrogen and oxygen atoms in total. The molecule has 0 rings (SSSR count). The fourth-order valence-electron chi connectivity index (χ4n) is 1.12. The maximum Gasteiger partial charge on any atom is 0.0168 e. The molecule has 0 bridgehead atoms. The lowest BCUT2D eigenvalue weighted by molar-refractivity contribution is 0.385. The molecule has 0 radical (unpaired) electrons. The zero-order valence-electron chi connectivity index (χ0n) is 8.35. The number of nitrogens with zero attached hydrogens (tertiary/aromatic N) is 1. The van der Waals surface area contributed by atoms with Gasteiger partial charge in [-0.1, -0.05) is 27.4 Å². The molecule has 0 aliphatic heterocycles. The Labute approximate surface area is 71.1 Å². The summed E-state index contributed by atoms with van der Waals surface area (Å²) in [5.74, 6) is 0.724. The topological polar surface area (TPSA) is 3.24 Å². The number of hydrogen-bond acceptors (Lipinski definition) is 1. The van der Waals surface area contributed by atoms with Crippen LogP contribution in [0.3, 0.4) is 0 Å². The van der Waals surface area contributed by atoms with E-state index in [-0.39, 0.29) is 0 Å². The van der Waals surface area contributed by atoms with E-state index in [1.807, 2.05) is 0 Å². The van der Waals surface area contributed by atoms with Gasteiger partial charge in [0.1, 0.15) is 0 Å². The summed E-state index contributed by atoms with van der Waals surface area (Å²) < 4.78 is 0. The predicted molar refractivity (Wildman–Crippen MR) is 51.5 cm³/mol. The van der Waals surface area contributed by atoms with Crippen LogP contribution < -0.4 is 0 Å². The lowest BCUT2D eigenvalue weighted by Gasteiger charge is -2.22. The highest BCUT2D eigenvalue weighted by Gasteiger charge is 2.02. The van der Waals surface area contributed by atoms with Gasteiger partial charge in [-0.15, -0.1) is 0 Å². The van der Waals surface area contributed by atoms with Crippen molar-refractivity contribution in [1.82, 2.24) is 4.90 Å². The van der Waals surface area contributed by atoms with E-state index >= 15 is 0 Å². The van der Waals surface area contributed by atoms with Crippen LogP contribution in [0.15, 0.2) is 12.3 Å². The summed E-state index contributed by atoms with van der Waals surface area (Å²) in [5.41, 5.74) is 1.27. The van der Waals surface area contributed by atoms with Crippen molar-refractivity contribution in [2.24, 2.45) is 5.92 Å². The summed E-state index contributed by atoms with van der Waals surface area (Å²) in [6.07, 6.45) is 2.32. The van der Waals surface area contributed by atoms with Crippen molar-refractivity contribution in [2.45, 2.75) is 33.6 Å². The second-order valence-electron chi connectivity index (χ2n) is 3.59. The molecule has 0 heterocycles. The fourth-order valence-corrected chi connectivity index (χ4v) is 1.12. The van der Waals surface area contributed by atoms with E-state index in [0.717, 1.165) is 18.9 Å². The van der Waals surface area contributed by atoms with Crippen molar-refractivity contribution < 1.29 is 0 Å². The second-order valence-corrected chi connectivity index (χ2v) is 3.59. The maximum atomic E-state index is 4.04. The molecule has 0 aliphatic rings. The first-order valence-electron chi connectivity index (χ1n) is 4.46. The van der Waals surface area contributed by atoms with Crippen LogP contribution in [0.2, 0.25) is 0 Å². The molecule has 0 aromatic heterocycles. The third-order valence-corrected chi connectivity index (χ3v) is 1.74. The van der Waals surface area contributed by atoms with Gasteiger partial charge in [0.05, 0.1) is 0 Å². The standard InChI is InChI=1S/C10H21N/c1-6-7-11(5)10(4)8-9(2)3/h9H,4,6-8H2,1-3,5H3. The Morgan fingerprint density at radius 1 is 1.45 bits per heavy atom. The number of rotatable bonds is 5. The summed E-state index contributed by atoms with van der Waals surface area (Å²) >= 11 is 0.